The standard InChI is InChI=1S/C17H15NO/c1-12-7-6-8-14-11-13(2)18(17(19)16(12)14)15-9-4-3-5-10-15/h3-11H,1-2H3. The molecule has 0 N–H and O–H groups in total. The van der Waals surface area contributed by atoms with Crippen molar-refractivity contribution in [3.05, 3.63) is 76.2 Å². The van der Waals surface area contributed by atoms with Crippen LogP contribution in [0.25, 0.3) is 16.5 Å². The first-order chi connectivity index (χ1) is 9.18. The Morgan fingerprint density at radius 1 is 0.895 bits per heavy atom. The molecule has 0 saturated carbocycles. The Hall–Kier alpha value is -2.35. The summed E-state index contributed by atoms with van der Waals surface area (Å²) in [5, 5.41) is 1.81. The van der Waals surface area contributed by atoms with Crippen LogP contribution < -0.4 is 5.56 Å². The minimum Gasteiger partial charge on any atom is -0.281 e. The Bertz CT molecular complexity index is 801. The number of nitrogens with zero attached hydrogens (tertiary/aromatic N) is 1. The van der Waals surface area contributed by atoms with Crippen LogP contribution in [-0.4, -0.2) is 4.57 Å². The number of benzene rings is 2. The molecule has 19 heavy (non-hydrogen) atoms. The molecular formula is C17H15NO. The maximum atomic E-state index is 12.7. The van der Waals surface area contributed by atoms with E-state index >= 15 is 0 Å². The Balaban J connectivity index is 2.45. The summed E-state index contributed by atoms with van der Waals surface area (Å²) < 4.78 is 1.77. The van der Waals surface area contributed by atoms with Gasteiger partial charge in [-0.25, -0.2) is 0 Å². The molecule has 3 rings (SSSR count). The second-order valence-corrected chi connectivity index (χ2v) is 4.80. The zero-order valence-electron chi connectivity index (χ0n) is 11.1. The van der Waals surface area contributed by atoms with Gasteiger partial charge in [0, 0.05) is 11.4 Å². The van der Waals surface area contributed by atoms with Gasteiger partial charge in [0.1, 0.15) is 0 Å². The van der Waals surface area contributed by atoms with E-state index in [9.17, 15) is 4.79 Å². The third kappa shape index (κ3) is 1.85. The summed E-state index contributed by atoms with van der Waals surface area (Å²) in [5.74, 6) is 0. The molecule has 1 heterocycles. The smallest absolute Gasteiger partial charge is 0.263 e. The number of para-hydroxylation sites is 1. The van der Waals surface area contributed by atoms with Gasteiger partial charge >= 0.3 is 0 Å². The third-order valence-corrected chi connectivity index (χ3v) is 3.45. The monoisotopic (exact) mass is 249 g/mol. The summed E-state index contributed by atoms with van der Waals surface area (Å²) in [6.07, 6.45) is 0. The Labute approximate surface area is 111 Å². The van der Waals surface area contributed by atoms with Crippen molar-refractivity contribution in [2.75, 3.05) is 0 Å². The average molecular weight is 249 g/mol. The molecule has 3 aromatic rings. The van der Waals surface area contributed by atoms with Gasteiger partial charge in [-0.05, 0) is 43.0 Å². The minimum atomic E-state index is 0.0549. The van der Waals surface area contributed by atoms with Gasteiger partial charge in [0.25, 0.3) is 5.56 Å². The van der Waals surface area contributed by atoms with Crippen LogP contribution in [0, 0.1) is 13.8 Å². The third-order valence-electron chi connectivity index (χ3n) is 3.45. The van der Waals surface area contributed by atoms with Crippen molar-refractivity contribution in [2.24, 2.45) is 0 Å². The second kappa shape index (κ2) is 4.39. The van der Waals surface area contributed by atoms with E-state index in [-0.39, 0.29) is 5.56 Å². The first-order valence-corrected chi connectivity index (χ1v) is 6.36. The molecule has 0 aliphatic carbocycles. The molecule has 2 heteroatoms. The average Bonchev–Trinajstić information content (AvgIpc) is 2.39. The zero-order valence-corrected chi connectivity index (χ0v) is 11.1. The van der Waals surface area contributed by atoms with Crippen molar-refractivity contribution in [1.82, 2.24) is 4.57 Å². The van der Waals surface area contributed by atoms with E-state index in [4.69, 9.17) is 0 Å². The molecule has 0 radical (unpaired) electrons. The van der Waals surface area contributed by atoms with Crippen LogP contribution in [0.3, 0.4) is 0 Å². The molecule has 0 bridgehead atoms. The van der Waals surface area contributed by atoms with Crippen LogP contribution in [0.5, 0.6) is 0 Å². The highest BCUT2D eigenvalue weighted by molar-refractivity contribution is 5.85. The van der Waals surface area contributed by atoms with Crippen LogP contribution in [-0.2, 0) is 0 Å². The lowest BCUT2D eigenvalue weighted by atomic mass is 10.1. The predicted molar refractivity (Wildman–Crippen MR) is 79.0 cm³/mol. The van der Waals surface area contributed by atoms with E-state index in [1.54, 1.807) is 4.57 Å². The van der Waals surface area contributed by atoms with E-state index in [0.717, 1.165) is 27.7 Å². The molecule has 0 unspecified atom stereocenters. The van der Waals surface area contributed by atoms with E-state index < -0.39 is 0 Å². The molecule has 0 aliphatic heterocycles. The van der Waals surface area contributed by atoms with E-state index in [0.29, 0.717) is 0 Å². The quantitative estimate of drug-likeness (QED) is 0.645. The van der Waals surface area contributed by atoms with Gasteiger partial charge in [-0.1, -0.05) is 36.4 Å². The summed E-state index contributed by atoms with van der Waals surface area (Å²) >= 11 is 0. The SMILES string of the molecule is Cc1cccc2cc(C)n(-c3ccccc3)c(=O)c12. The molecular weight excluding hydrogens is 234 g/mol. The Morgan fingerprint density at radius 2 is 1.63 bits per heavy atom. The lowest BCUT2D eigenvalue weighted by molar-refractivity contribution is 0.949. The number of aromatic nitrogens is 1. The zero-order chi connectivity index (χ0) is 13.4. The summed E-state index contributed by atoms with van der Waals surface area (Å²) in [6.45, 7) is 3.95. The van der Waals surface area contributed by atoms with Crippen molar-refractivity contribution in [2.45, 2.75) is 13.8 Å². The van der Waals surface area contributed by atoms with Crippen LogP contribution in [0.15, 0.2) is 59.4 Å². The van der Waals surface area contributed by atoms with Crippen molar-refractivity contribution < 1.29 is 0 Å². The van der Waals surface area contributed by atoms with Gasteiger partial charge in [-0.2, -0.15) is 0 Å². The van der Waals surface area contributed by atoms with Crippen LogP contribution >= 0.6 is 0 Å². The van der Waals surface area contributed by atoms with Crippen LogP contribution in [0.4, 0.5) is 0 Å². The molecule has 0 aliphatic rings. The van der Waals surface area contributed by atoms with Gasteiger partial charge in [0.2, 0.25) is 0 Å². The highest BCUT2D eigenvalue weighted by atomic mass is 16.1. The molecule has 2 aromatic carbocycles. The molecule has 94 valence electrons. The predicted octanol–water partition coefficient (Wildman–Crippen LogP) is 3.61. The minimum absolute atomic E-state index is 0.0549. The van der Waals surface area contributed by atoms with Gasteiger partial charge in [-0.3, -0.25) is 9.36 Å². The summed E-state index contributed by atoms with van der Waals surface area (Å²) in [4.78, 5) is 12.7. The van der Waals surface area contributed by atoms with Gasteiger partial charge in [-0.15, -0.1) is 0 Å². The second-order valence-electron chi connectivity index (χ2n) is 4.80. The number of rotatable bonds is 1. The van der Waals surface area contributed by atoms with Crippen molar-refractivity contribution >= 4 is 10.8 Å². The topological polar surface area (TPSA) is 22.0 Å². The Kier molecular flexibility index (Phi) is 2.71. The molecule has 0 spiro atoms. The van der Waals surface area contributed by atoms with E-state index in [1.165, 1.54) is 0 Å². The lowest BCUT2D eigenvalue weighted by Crippen LogP contribution is -2.21. The molecule has 2 nitrogen and oxygen atoms in total. The largest absolute Gasteiger partial charge is 0.281 e. The number of hydrogen-bond donors (Lipinski definition) is 0. The fraction of sp³-hybridized carbons (Fsp3) is 0.118. The molecule has 0 saturated heterocycles. The molecule has 0 amide bonds. The van der Waals surface area contributed by atoms with Gasteiger partial charge in [0.15, 0.2) is 0 Å². The van der Waals surface area contributed by atoms with Crippen LogP contribution in [0.1, 0.15) is 11.3 Å². The summed E-state index contributed by atoms with van der Waals surface area (Å²) in [6, 6.07) is 17.8. The number of hydrogen-bond acceptors (Lipinski definition) is 1. The fourth-order valence-corrected chi connectivity index (χ4v) is 2.56. The van der Waals surface area contributed by atoms with Gasteiger partial charge in [0.05, 0.1) is 5.39 Å². The highest BCUT2D eigenvalue weighted by Gasteiger charge is 2.09. The van der Waals surface area contributed by atoms with Crippen molar-refractivity contribution in [3.8, 4) is 5.69 Å². The maximum Gasteiger partial charge on any atom is 0.263 e. The number of aryl methyl sites for hydroxylation is 2. The van der Waals surface area contributed by atoms with E-state index in [2.05, 4.69) is 6.07 Å². The first-order valence-electron chi connectivity index (χ1n) is 6.36. The van der Waals surface area contributed by atoms with Gasteiger partial charge < -0.3 is 0 Å². The fourth-order valence-electron chi connectivity index (χ4n) is 2.56. The maximum absolute atomic E-state index is 12.7. The van der Waals surface area contributed by atoms with Crippen molar-refractivity contribution in [1.29, 1.82) is 0 Å². The number of pyridine rings is 1. The summed E-state index contributed by atoms with van der Waals surface area (Å²) in [5.41, 5.74) is 2.94. The molecule has 1 aromatic heterocycles. The summed E-state index contributed by atoms with van der Waals surface area (Å²) in [7, 11) is 0. The lowest BCUT2D eigenvalue weighted by Gasteiger charge is -2.12. The number of fused-ring (bicyclic) bond motifs is 1. The molecule has 0 fully saturated rings. The first kappa shape index (κ1) is 11.7. The van der Waals surface area contributed by atoms with Crippen molar-refractivity contribution in [3.63, 3.8) is 0 Å². The Morgan fingerprint density at radius 3 is 2.37 bits per heavy atom. The normalized spacial score (nSPS) is 10.8. The van der Waals surface area contributed by atoms with E-state index in [1.807, 2.05) is 62.4 Å². The molecule has 0 atom stereocenters. The van der Waals surface area contributed by atoms with Crippen LogP contribution in [0.2, 0.25) is 0 Å². The highest BCUT2D eigenvalue weighted by Crippen LogP contribution is 2.18.